The topological polar surface area (TPSA) is 67.4 Å². The molecule has 27 heavy (non-hydrogen) atoms. The predicted molar refractivity (Wildman–Crippen MR) is 108 cm³/mol. The fourth-order valence-corrected chi connectivity index (χ4v) is 2.66. The van der Waals surface area contributed by atoms with Crippen molar-refractivity contribution in [3.8, 4) is 5.75 Å². The summed E-state index contributed by atoms with van der Waals surface area (Å²) in [6.45, 7) is 10.5. The molecule has 5 heteroatoms. The van der Waals surface area contributed by atoms with Crippen molar-refractivity contribution in [2.45, 2.75) is 34.6 Å². The zero-order chi connectivity index (χ0) is 20.0. The Kier molecular flexibility index (Phi) is 6.99. The van der Waals surface area contributed by atoms with Gasteiger partial charge in [0.1, 0.15) is 5.75 Å². The van der Waals surface area contributed by atoms with E-state index in [1.807, 2.05) is 40.7 Å². The molecule has 2 amide bonds. The molecule has 2 N–H and O–H groups in total. The number of ether oxygens (including phenoxy) is 1. The smallest absolute Gasteiger partial charge is 0.262 e. The SMILES string of the molecule is Cc1cc(C)c(C)c(OCC(=O)Nc2ccccc2C(=O)NCC(C)C)c1. The highest BCUT2D eigenvalue weighted by Crippen LogP contribution is 2.23. The number of hydrogen-bond acceptors (Lipinski definition) is 3. The van der Waals surface area contributed by atoms with Crippen molar-refractivity contribution >= 4 is 17.5 Å². The monoisotopic (exact) mass is 368 g/mol. The summed E-state index contributed by atoms with van der Waals surface area (Å²) in [5.41, 5.74) is 4.14. The van der Waals surface area contributed by atoms with Crippen LogP contribution in [-0.4, -0.2) is 25.0 Å². The summed E-state index contributed by atoms with van der Waals surface area (Å²) in [6.07, 6.45) is 0. The number of nitrogens with one attached hydrogen (secondary N) is 2. The molecule has 2 rings (SSSR count). The lowest BCUT2D eigenvalue weighted by molar-refractivity contribution is -0.118. The molecule has 5 nitrogen and oxygen atoms in total. The van der Waals surface area contributed by atoms with Gasteiger partial charge in [-0.2, -0.15) is 0 Å². The molecule has 0 aliphatic rings. The lowest BCUT2D eigenvalue weighted by Gasteiger charge is -2.14. The molecule has 0 bridgehead atoms. The summed E-state index contributed by atoms with van der Waals surface area (Å²) in [4.78, 5) is 24.7. The van der Waals surface area contributed by atoms with E-state index < -0.39 is 0 Å². The van der Waals surface area contributed by atoms with Gasteiger partial charge < -0.3 is 15.4 Å². The maximum absolute atomic E-state index is 12.4. The lowest BCUT2D eigenvalue weighted by Crippen LogP contribution is -2.29. The van der Waals surface area contributed by atoms with E-state index in [1.165, 1.54) is 0 Å². The predicted octanol–water partition coefficient (Wildman–Crippen LogP) is 4.02. The number of carbonyl (C=O) groups excluding carboxylic acids is 2. The zero-order valence-electron chi connectivity index (χ0n) is 16.7. The molecule has 0 heterocycles. The Morgan fingerprint density at radius 2 is 1.78 bits per heavy atom. The minimum Gasteiger partial charge on any atom is -0.483 e. The summed E-state index contributed by atoms with van der Waals surface area (Å²) >= 11 is 0. The Morgan fingerprint density at radius 1 is 1.07 bits per heavy atom. The number of rotatable bonds is 7. The summed E-state index contributed by atoms with van der Waals surface area (Å²) in [7, 11) is 0. The number of amides is 2. The van der Waals surface area contributed by atoms with Crippen LogP contribution in [0.2, 0.25) is 0 Å². The van der Waals surface area contributed by atoms with E-state index in [-0.39, 0.29) is 18.4 Å². The van der Waals surface area contributed by atoms with Crippen LogP contribution in [0.5, 0.6) is 5.75 Å². The maximum atomic E-state index is 12.4. The fraction of sp³-hybridized carbons (Fsp3) is 0.364. The van der Waals surface area contributed by atoms with Gasteiger partial charge in [-0.1, -0.05) is 32.0 Å². The molecule has 0 aliphatic heterocycles. The van der Waals surface area contributed by atoms with Crippen molar-refractivity contribution in [2.75, 3.05) is 18.5 Å². The normalized spacial score (nSPS) is 10.6. The highest BCUT2D eigenvalue weighted by Gasteiger charge is 2.14. The third-order valence-electron chi connectivity index (χ3n) is 4.24. The molecule has 0 unspecified atom stereocenters. The highest BCUT2D eigenvalue weighted by molar-refractivity contribution is 6.04. The van der Waals surface area contributed by atoms with Gasteiger partial charge in [0.15, 0.2) is 6.61 Å². The van der Waals surface area contributed by atoms with E-state index >= 15 is 0 Å². The Bertz CT molecular complexity index is 828. The van der Waals surface area contributed by atoms with Crippen molar-refractivity contribution in [1.82, 2.24) is 5.32 Å². The van der Waals surface area contributed by atoms with E-state index in [1.54, 1.807) is 24.3 Å². The van der Waals surface area contributed by atoms with Crippen LogP contribution in [0.3, 0.4) is 0 Å². The van der Waals surface area contributed by atoms with Crippen LogP contribution in [0.15, 0.2) is 36.4 Å². The van der Waals surface area contributed by atoms with Gasteiger partial charge in [-0.25, -0.2) is 0 Å². The van der Waals surface area contributed by atoms with Gasteiger partial charge in [0.25, 0.3) is 11.8 Å². The second kappa shape index (κ2) is 9.21. The molecule has 0 spiro atoms. The van der Waals surface area contributed by atoms with E-state index in [9.17, 15) is 9.59 Å². The van der Waals surface area contributed by atoms with E-state index in [0.29, 0.717) is 29.5 Å². The Hall–Kier alpha value is -2.82. The second-order valence-corrected chi connectivity index (χ2v) is 7.19. The first kappa shape index (κ1) is 20.5. The molecular weight excluding hydrogens is 340 g/mol. The summed E-state index contributed by atoms with van der Waals surface area (Å²) in [5.74, 6) is 0.541. The number of aryl methyl sites for hydroxylation is 2. The molecule has 0 atom stereocenters. The summed E-state index contributed by atoms with van der Waals surface area (Å²) in [5, 5.41) is 5.64. The van der Waals surface area contributed by atoms with Gasteiger partial charge in [0.05, 0.1) is 11.3 Å². The molecule has 0 radical (unpaired) electrons. The molecule has 2 aromatic rings. The molecule has 0 aliphatic carbocycles. The van der Waals surface area contributed by atoms with Crippen molar-refractivity contribution < 1.29 is 14.3 Å². The largest absolute Gasteiger partial charge is 0.483 e. The first-order valence-corrected chi connectivity index (χ1v) is 9.15. The van der Waals surface area contributed by atoms with E-state index in [0.717, 1.165) is 16.7 Å². The van der Waals surface area contributed by atoms with Gasteiger partial charge >= 0.3 is 0 Å². The average Bonchev–Trinajstić information content (AvgIpc) is 2.62. The summed E-state index contributed by atoms with van der Waals surface area (Å²) < 4.78 is 5.70. The van der Waals surface area contributed by atoms with Crippen molar-refractivity contribution in [2.24, 2.45) is 5.92 Å². The number of para-hydroxylation sites is 1. The Balaban J connectivity index is 2.03. The van der Waals surface area contributed by atoms with Crippen molar-refractivity contribution in [3.63, 3.8) is 0 Å². The standard InChI is InChI=1S/C22H28N2O3/c1-14(2)12-23-22(26)18-8-6-7-9-19(18)24-21(25)13-27-20-11-15(3)10-16(4)17(20)5/h6-11,14H,12-13H2,1-5H3,(H,23,26)(H,24,25). The number of benzene rings is 2. The third-order valence-corrected chi connectivity index (χ3v) is 4.24. The average molecular weight is 368 g/mol. The molecule has 0 saturated heterocycles. The quantitative estimate of drug-likeness (QED) is 0.776. The molecule has 0 saturated carbocycles. The molecule has 144 valence electrons. The zero-order valence-corrected chi connectivity index (χ0v) is 16.7. The van der Waals surface area contributed by atoms with Crippen LogP contribution in [-0.2, 0) is 4.79 Å². The maximum Gasteiger partial charge on any atom is 0.262 e. The Labute approximate surface area is 161 Å². The van der Waals surface area contributed by atoms with Crippen LogP contribution >= 0.6 is 0 Å². The molecule has 0 aromatic heterocycles. The number of carbonyl (C=O) groups is 2. The van der Waals surface area contributed by atoms with Gasteiger partial charge in [-0.15, -0.1) is 0 Å². The Morgan fingerprint density at radius 3 is 2.48 bits per heavy atom. The second-order valence-electron chi connectivity index (χ2n) is 7.19. The van der Waals surface area contributed by atoms with Gasteiger partial charge in [-0.05, 0) is 61.6 Å². The van der Waals surface area contributed by atoms with Crippen LogP contribution in [0, 0.1) is 26.7 Å². The minimum absolute atomic E-state index is 0.119. The van der Waals surface area contributed by atoms with Gasteiger partial charge in [0.2, 0.25) is 0 Å². The van der Waals surface area contributed by atoms with Crippen LogP contribution < -0.4 is 15.4 Å². The third kappa shape index (κ3) is 5.84. The molecule has 0 fully saturated rings. The minimum atomic E-state index is -0.308. The molecule has 2 aromatic carbocycles. The van der Waals surface area contributed by atoms with Crippen LogP contribution in [0.1, 0.15) is 40.9 Å². The highest BCUT2D eigenvalue weighted by atomic mass is 16.5. The lowest BCUT2D eigenvalue weighted by atomic mass is 10.1. The van der Waals surface area contributed by atoms with Gasteiger partial charge in [0, 0.05) is 6.54 Å². The first-order valence-electron chi connectivity index (χ1n) is 9.15. The van der Waals surface area contributed by atoms with Crippen molar-refractivity contribution in [3.05, 3.63) is 58.7 Å². The van der Waals surface area contributed by atoms with Crippen LogP contribution in [0.4, 0.5) is 5.69 Å². The fourth-order valence-electron chi connectivity index (χ4n) is 2.66. The number of anilines is 1. The van der Waals surface area contributed by atoms with Crippen molar-refractivity contribution in [1.29, 1.82) is 0 Å². The van der Waals surface area contributed by atoms with E-state index in [2.05, 4.69) is 16.7 Å². The summed E-state index contributed by atoms with van der Waals surface area (Å²) in [6, 6.07) is 11.0. The molecular formula is C22H28N2O3. The van der Waals surface area contributed by atoms with E-state index in [4.69, 9.17) is 4.74 Å². The first-order chi connectivity index (χ1) is 12.8. The van der Waals surface area contributed by atoms with Crippen LogP contribution in [0.25, 0.3) is 0 Å². The van der Waals surface area contributed by atoms with Gasteiger partial charge in [-0.3, -0.25) is 9.59 Å². The number of hydrogen-bond donors (Lipinski definition) is 2.